The second-order valence-corrected chi connectivity index (χ2v) is 8.98. The fourth-order valence-electron chi connectivity index (χ4n) is 3.90. The maximum absolute atomic E-state index is 13.4. The third-order valence-corrected chi connectivity index (χ3v) is 5.36. The number of aromatic hydroxyl groups is 1. The summed E-state index contributed by atoms with van der Waals surface area (Å²) in [7, 11) is 1.35. The maximum Gasteiger partial charge on any atom is 0.310 e. The molecule has 0 bridgehead atoms. The van der Waals surface area contributed by atoms with Crippen molar-refractivity contribution in [3.05, 3.63) is 57.6 Å². The Hall–Kier alpha value is -3.81. The predicted octanol–water partition coefficient (Wildman–Crippen LogP) is 3.61. The van der Waals surface area contributed by atoms with E-state index in [2.05, 4.69) is 0 Å². The van der Waals surface area contributed by atoms with E-state index in [0.29, 0.717) is 0 Å². The molecule has 1 N–H and O–H groups in total. The number of hydrogen-bond donors (Lipinski definition) is 1. The molecule has 0 spiro atoms. The molecular weight excluding hydrogens is 440 g/mol. The first-order valence-corrected chi connectivity index (χ1v) is 10.8. The standard InChI is InChI=1S/C26H26O8/c1-6-14(27)12-17(28)20-13(11-19(29)34-26(2,3)4)10-16-22(24(20)31)25(32)21-15(23(16)30)8-7-9-18(21)33-5/h7-10,31H,6,11-12H2,1-5H3. The molecule has 0 saturated carbocycles. The van der Waals surface area contributed by atoms with Gasteiger partial charge in [0.15, 0.2) is 11.6 Å². The number of ether oxygens (including phenoxy) is 2. The molecule has 0 amide bonds. The zero-order chi connectivity index (χ0) is 25.4. The minimum absolute atomic E-state index is 0.00639. The number of fused-ring (bicyclic) bond motifs is 2. The zero-order valence-electron chi connectivity index (χ0n) is 19.7. The molecule has 2 aromatic carbocycles. The maximum atomic E-state index is 13.4. The van der Waals surface area contributed by atoms with E-state index in [-0.39, 0.29) is 51.3 Å². The minimum atomic E-state index is -0.809. The molecule has 34 heavy (non-hydrogen) atoms. The van der Waals surface area contributed by atoms with Gasteiger partial charge < -0.3 is 14.6 Å². The van der Waals surface area contributed by atoms with Crippen molar-refractivity contribution in [3.63, 3.8) is 0 Å². The summed E-state index contributed by atoms with van der Waals surface area (Å²) in [4.78, 5) is 64.1. The number of ketones is 4. The molecule has 1 aliphatic carbocycles. The van der Waals surface area contributed by atoms with Crippen LogP contribution in [0.25, 0.3) is 0 Å². The van der Waals surface area contributed by atoms with Crippen LogP contribution in [0.5, 0.6) is 11.5 Å². The lowest BCUT2D eigenvalue weighted by molar-refractivity contribution is -0.153. The molecule has 0 saturated heterocycles. The van der Waals surface area contributed by atoms with Gasteiger partial charge in [-0.3, -0.25) is 24.0 Å². The molecule has 0 aliphatic heterocycles. The van der Waals surface area contributed by atoms with Gasteiger partial charge in [0, 0.05) is 17.5 Å². The molecule has 8 nitrogen and oxygen atoms in total. The van der Waals surface area contributed by atoms with Crippen LogP contribution in [0.15, 0.2) is 24.3 Å². The molecule has 0 atom stereocenters. The highest BCUT2D eigenvalue weighted by molar-refractivity contribution is 6.31. The number of methoxy groups -OCH3 is 1. The molecule has 178 valence electrons. The van der Waals surface area contributed by atoms with E-state index in [1.807, 2.05) is 0 Å². The van der Waals surface area contributed by atoms with Crippen molar-refractivity contribution in [2.75, 3.05) is 7.11 Å². The van der Waals surface area contributed by atoms with Gasteiger partial charge >= 0.3 is 5.97 Å². The van der Waals surface area contributed by atoms with Crippen LogP contribution in [0.4, 0.5) is 0 Å². The van der Waals surface area contributed by atoms with Crippen molar-refractivity contribution in [1.82, 2.24) is 0 Å². The van der Waals surface area contributed by atoms with Crippen LogP contribution >= 0.6 is 0 Å². The predicted molar refractivity (Wildman–Crippen MR) is 122 cm³/mol. The Morgan fingerprint density at radius 3 is 2.26 bits per heavy atom. The minimum Gasteiger partial charge on any atom is -0.506 e. The van der Waals surface area contributed by atoms with E-state index >= 15 is 0 Å². The average molecular weight is 466 g/mol. The number of carbonyl (C=O) groups is 5. The second-order valence-electron chi connectivity index (χ2n) is 8.98. The highest BCUT2D eigenvalue weighted by Gasteiger charge is 2.38. The summed E-state index contributed by atoms with van der Waals surface area (Å²) < 4.78 is 10.6. The van der Waals surface area contributed by atoms with Gasteiger partial charge in [0.1, 0.15) is 22.9 Å². The molecule has 3 rings (SSSR count). The summed E-state index contributed by atoms with van der Waals surface area (Å²) in [5.41, 5.74) is -1.59. The number of hydrogen-bond acceptors (Lipinski definition) is 8. The smallest absolute Gasteiger partial charge is 0.310 e. The van der Waals surface area contributed by atoms with E-state index in [1.165, 1.54) is 25.3 Å². The number of Topliss-reactive ketones (excluding diaryl/α,β-unsaturated/α-hetero) is 2. The number of phenols is 1. The Kier molecular flexibility index (Phi) is 6.72. The Bertz CT molecular complexity index is 1230. The summed E-state index contributed by atoms with van der Waals surface area (Å²) in [6.07, 6.45) is -0.862. The zero-order valence-corrected chi connectivity index (χ0v) is 19.7. The molecule has 0 unspecified atom stereocenters. The van der Waals surface area contributed by atoms with Crippen molar-refractivity contribution >= 4 is 29.1 Å². The lowest BCUT2D eigenvalue weighted by atomic mass is 9.79. The molecule has 0 radical (unpaired) electrons. The first kappa shape index (κ1) is 24.8. The van der Waals surface area contributed by atoms with Crippen LogP contribution < -0.4 is 4.74 Å². The van der Waals surface area contributed by atoms with Gasteiger partial charge in [0.05, 0.1) is 36.6 Å². The molecule has 0 heterocycles. The normalized spacial score (nSPS) is 12.6. The number of benzene rings is 2. The van der Waals surface area contributed by atoms with Gasteiger partial charge in [-0.05, 0) is 38.5 Å². The Balaban J connectivity index is 2.23. The van der Waals surface area contributed by atoms with Crippen LogP contribution in [-0.4, -0.2) is 46.9 Å². The fourth-order valence-corrected chi connectivity index (χ4v) is 3.90. The fraction of sp³-hybridized carbons (Fsp3) is 0.346. The number of carbonyl (C=O) groups excluding carboxylic acids is 5. The SMILES string of the molecule is CCC(=O)CC(=O)c1c(CC(=O)OC(C)(C)C)cc2c(c1O)C(=O)c1c(OC)cccc1C2=O. The lowest BCUT2D eigenvalue weighted by Crippen LogP contribution is -2.27. The Morgan fingerprint density at radius 1 is 1.00 bits per heavy atom. The molecule has 0 aromatic heterocycles. The van der Waals surface area contributed by atoms with Gasteiger partial charge in [0.25, 0.3) is 0 Å². The van der Waals surface area contributed by atoms with Gasteiger partial charge in [-0.15, -0.1) is 0 Å². The van der Waals surface area contributed by atoms with Crippen LogP contribution in [-0.2, 0) is 20.7 Å². The summed E-state index contributed by atoms with van der Waals surface area (Å²) in [5, 5.41) is 11.1. The van der Waals surface area contributed by atoms with E-state index in [9.17, 15) is 29.1 Å². The first-order valence-electron chi connectivity index (χ1n) is 10.8. The van der Waals surface area contributed by atoms with Crippen LogP contribution in [0.3, 0.4) is 0 Å². The van der Waals surface area contributed by atoms with Crippen molar-refractivity contribution in [3.8, 4) is 11.5 Å². The van der Waals surface area contributed by atoms with E-state index < -0.39 is 47.5 Å². The van der Waals surface area contributed by atoms with Gasteiger partial charge in [-0.2, -0.15) is 0 Å². The highest BCUT2D eigenvalue weighted by Crippen LogP contribution is 2.40. The Labute approximate surface area is 196 Å². The summed E-state index contributed by atoms with van der Waals surface area (Å²) in [5.74, 6) is -3.67. The quantitative estimate of drug-likeness (QED) is 0.318. The van der Waals surface area contributed by atoms with Gasteiger partial charge in [-0.25, -0.2) is 0 Å². The van der Waals surface area contributed by atoms with E-state index in [4.69, 9.17) is 9.47 Å². The second kappa shape index (κ2) is 9.21. The lowest BCUT2D eigenvalue weighted by Gasteiger charge is -2.24. The molecule has 2 aromatic rings. The Morgan fingerprint density at radius 2 is 1.68 bits per heavy atom. The first-order chi connectivity index (χ1) is 15.9. The topological polar surface area (TPSA) is 124 Å². The van der Waals surface area contributed by atoms with Crippen molar-refractivity contribution in [2.24, 2.45) is 0 Å². The molecular formula is C26H26O8. The van der Waals surface area contributed by atoms with Crippen molar-refractivity contribution in [2.45, 2.75) is 52.6 Å². The van der Waals surface area contributed by atoms with Crippen LogP contribution in [0.2, 0.25) is 0 Å². The van der Waals surface area contributed by atoms with Crippen molar-refractivity contribution < 1.29 is 38.6 Å². The van der Waals surface area contributed by atoms with E-state index in [1.54, 1.807) is 33.8 Å². The monoisotopic (exact) mass is 466 g/mol. The summed E-state index contributed by atoms with van der Waals surface area (Å²) in [6.45, 7) is 6.62. The van der Waals surface area contributed by atoms with Gasteiger partial charge in [0.2, 0.25) is 5.78 Å². The average Bonchev–Trinajstić information content (AvgIpc) is 2.74. The van der Waals surface area contributed by atoms with Crippen LogP contribution in [0, 0.1) is 0 Å². The summed E-state index contributed by atoms with van der Waals surface area (Å²) in [6, 6.07) is 5.79. The van der Waals surface area contributed by atoms with E-state index in [0.717, 1.165) is 0 Å². The largest absolute Gasteiger partial charge is 0.506 e. The molecule has 0 fully saturated rings. The third kappa shape index (κ3) is 4.62. The van der Waals surface area contributed by atoms with Crippen LogP contribution in [0.1, 0.15) is 88.3 Å². The highest BCUT2D eigenvalue weighted by atomic mass is 16.6. The summed E-state index contributed by atoms with van der Waals surface area (Å²) >= 11 is 0. The number of phenolic OH excluding ortho intramolecular Hbond substituents is 1. The number of rotatable bonds is 7. The molecule has 8 heteroatoms. The third-order valence-electron chi connectivity index (χ3n) is 5.36. The van der Waals surface area contributed by atoms with Crippen molar-refractivity contribution in [1.29, 1.82) is 0 Å². The molecule has 1 aliphatic rings. The van der Waals surface area contributed by atoms with Gasteiger partial charge in [-0.1, -0.05) is 19.1 Å². The number of esters is 1.